The van der Waals surface area contributed by atoms with Crippen molar-refractivity contribution in [3.8, 4) is 62.5 Å². The molecule has 2 heterocycles. The Bertz CT molecular complexity index is 2350. The zero-order valence-corrected chi connectivity index (χ0v) is 24.9. The van der Waals surface area contributed by atoms with E-state index in [-0.39, 0.29) is 0 Å². The van der Waals surface area contributed by atoms with Gasteiger partial charge in [-0.25, -0.2) is 15.0 Å². The number of nitriles is 1. The Morgan fingerprint density at radius 3 is 1.67 bits per heavy atom. The molecule has 0 N–H and O–H groups in total. The summed E-state index contributed by atoms with van der Waals surface area (Å²) in [6, 6.07) is 51.6. The molecule has 6 aromatic carbocycles. The van der Waals surface area contributed by atoms with Crippen LogP contribution in [0.25, 0.3) is 76.6 Å². The van der Waals surface area contributed by atoms with Crippen LogP contribution in [0.5, 0.6) is 0 Å². The Labute approximate surface area is 264 Å². The number of benzene rings is 6. The molecule has 2 aromatic heterocycles. The van der Waals surface area contributed by atoms with E-state index < -0.39 is 0 Å². The number of thiophene rings is 1. The average molecular weight is 593 g/mol. The topological polar surface area (TPSA) is 62.5 Å². The Kier molecular flexibility index (Phi) is 6.68. The first kappa shape index (κ1) is 26.7. The molecule has 4 nitrogen and oxygen atoms in total. The smallest absolute Gasteiger partial charge is 0.164 e. The number of hydrogen-bond donors (Lipinski definition) is 0. The first-order valence-electron chi connectivity index (χ1n) is 14.7. The summed E-state index contributed by atoms with van der Waals surface area (Å²) in [6.07, 6.45) is 0. The number of aromatic nitrogens is 3. The summed E-state index contributed by atoms with van der Waals surface area (Å²) < 4.78 is 2.41. The van der Waals surface area contributed by atoms with Crippen molar-refractivity contribution in [1.82, 2.24) is 15.0 Å². The first-order valence-corrected chi connectivity index (χ1v) is 15.5. The van der Waals surface area contributed by atoms with E-state index in [0.717, 1.165) is 44.3 Å². The molecule has 0 fully saturated rings. The maximum Gasteiger partial charge on any atom is 0.164 e. The van der Waals surface area contributed by atoms with Crippen molar-refractivity contribution in [3.63, 3.8) is 0 Å². The van der Waals surface area contributed by atoms with E-state index in [2.05, 4.69) is 78.9 Å². The molecule has 5 heteroatoms. The maximum absolute atomic E-state index is 9.50. The maximum atomic E-state index is 9.50. The molecule has 0 saturated heterocycles. The van der Waals surface area contributed by atoms with Gasteiger partial charge in [0.15, 0.2) is 17.5 Å². The molecule has 8 rings (SSSR count). The van der Waals surface area contributed by atoms with E-state index in [9.17, 15) is 5.26 Å². The number of nitrogens with zero attached hydrogens (tertiary/aromatic N) is 4. The van der Waals surface area contributed by atoms with Crippen LogP contribution in [0.1, 0.15) is 5.56 Å². The molecule has 45 heavy (non-hydrogen) atoms. The summed E-state index contributed by atoms with van der Waals surface area (Å²) in [5, 5.41) is 11.8. The molecular formula is C40H24N4S. The monoisotopic (exact) mass is 592 g/mol. The van der Waals surface area contributed by atoms with Crippen molar-refractivity contribution >= 4 is 31.5 Å². The van der Waals surface area contributed by atoms with Gasteiger partial charge in [-0.2, -0.15) is 5.26 Å². The standard InChI is InChI=1S/C40H24N4S/c41-25-26-15-17-29(18-16-26)36-33(23-24-35-37(36)32-13-7-8-14-34(32)45-35)40-43-38(30-11-5-2-6-12-30)42-39(44-40)31-21-19-28(20-22-31)27-9-3-1-4-10-27/h1-24H. The molecule has 8 aromatic rings. The molecule has 0 aliphatic rings. The molecule has 210 valence electrons. The number of fused-ring (bicyclic) bond motifs is 3. The summed E-state index contributed by atoms with van der Waals surface area (Å²) >= 11 is 1.78. The zero-order valence-electron chi connectivity index (χ0n) is 24.1. The molecule has 0 radical (unpaired) electrons. The highest BCUT2D eigenvalue weighted by Crippen LogP contribution is 2.44. The minimum atomic E-state index is 0.600. The summed E-state index contributed by atoms with van der Waals surface area (Å²) in [5.74, 6) is 1.82. The second-order valence-corrected chi connectivity index (χ2v) is 11.8. The minimum absolute atomic E-state index is 0.600. The Morgan fingerprint density at radius 2 is 0.978 bits per heavy atom. The largest absolute Gasteiger partial charge is 0.208 e. The van der Waals surface area contributed by atoms with Gasteiger partial charge in [0.2, 0.25) is 0 Å². The molecule has 0 atom stereocenters. The van der Waals surface area contributed by atoms with Crippen molar-refractivity contribution in [2.24, 2.45) is 0 Å². The van der Waals surface area contributed by atoms with Crippen molar-refractivity contribution < 1.29 is 0 Å². The molecule has 0 bridgehead atoms. The lowest BCUT2D eigenvalue weighted by molar-refractivity contribution is 1.07. The van der Waals surface area contributed by atoms with Crippen molar-refractivity contribution in [2.75, 3.05) is 0 Å². The molecule has 0 unspecified atom stereocenters. The summed E-state index contributed by atoms with van der Waals surface area (Å²) in [5.41, 5.74) is 7.72. The number of hydrogen-bond acceptors (Lipinski definition) is 5. The van der Waals surface area contributed by atoms with Gasteiger partial charge in [-0.05, 0) is 47.0 Å². The summed E-state index contributed by atoms with van der Waals surface area (Å²) in [4.78, 5) is 15.2. The number of rotatable bonds is 5. The molecule has 0 aliphatic carbocycles. The van der Waals surface area contributed by atoms with Crippen LogP contribution in [0.15, 0.2) is 146 Å². The van der Waals surface area contributed by atoms with Crippen LogP contribution in [0.3, 0.4) is 0 Å². The quantitative estimate of drug-likeness (QED) is 0.199. The predicted octanol–water partition coefficient (Wildman–Crippen LogP) is 10.4. The van der Waals surface area contributed by atoms with E-state index in [1.165, 1.54) is 14.8 Å². The average Bonchev–Trinajstić information content (AvgIpc) is 3.51. The van der Waals surface area contributed by atoms with Crippen LogP contribution in [-0.4, -0.2) is 15.0 Å². The van der Waals surface area contributed by atoms with Gasteiger partial charge in [0.05, 0.1) is 11.6 Å². The van der Waals surface area contributed by atoms with E-state index in [1.807, 2.05) is 72.8 Å². The normalized spacial score (nSPS) is 11.1. The van der Waals surface area contributed by atoms with E-state index in [0.29, 0.717) is 23.0 Å². The summed E-state index contributed by atoms with van der Waals surface area (Å²) in [6.45, 7) is 0. The zero-order chi connectivity index (χ0) is 30.2. The highest BCUT2D eigenvalue weighted by molar-refractivity contribution is 7.26. The third-order valence-electron chi connectivity index (χ3n) is 8.00. The van der Waals surface area contributed by atoms with E-state index >= 15 is 0 Å². The third-order valence-corrected chi connectivity index (χ3v) is 9.14. The Morgan fingerprint density at radius 1 is 0.444 bits per heavy atom. The van der Waals surface area contributed by atoms with Crippen LogP contribution < -0.4 is 0 Å². The fraction of sp³-hybridized carbons (Fsp3) is 0. The van der Waals surface area contributed by atoms with Crippen molar-refractivity contribution in [2.45, 2.75) is 0 Å². The highest BCUT2D eigenvalue weighted by Gasteiger charge is 2.20. The van der Waals surface area contributed by atoms with Gasteiger partial charge < -0.3 is 0 Å². The van der Waals surface area contributed by atoms with Gasteiger partial charge in [-0.1, -0.05) is 115 Å². The lowest BCUT2D eigenvalue weighted by Crippen LogP contribution is -2.01. The SMILES string of the molecule is N#Cc1ccc(-c2c(-c3nc(-c4ccccc4)nc(-c4ccc(-c5ccccc5)cc4)n3)ccc3sc4ccccc4c23)cc1. The fourth-order valence-corrected chi connectivity index (χ4v) is 6.91. The van der Waals surface area contributed by atoms with Gasteiger partial charge in [0, 0.05) is 42.4 Å². The molecular weight excluding hydrogens is 569 g/mol. The van der Waals surface area contributed by atoms with Gasteiger partial charge in [0.25, 0.3) is 0 Å². The fourth-order valence-electron chi connectivity index (χ4n) is 5.80. The third kappa shape index (κ3) is 4.94. The summed E-state index contributed by atoms with van der Waals surface area (Å²) in [7, 11) is 0. The van der Waals surface area contributed by atoms with Crippen LogP contribution in [0.2, 0.25) is 0 Å². The lowest BCUT2D eigenvalue weighted by atomic mass is 9.93. The highest BCUT2D eigenvalue weighted by atomic mass is 32.1. The lowest BCUT2D eigenvalue weighted by Gasteiger charge is -2.14. The second kappa shape index (κ2) is 11.3. The molecule has 0 amide bonds. The van der Waals surface area contributed by atoms with Crippen LogP contribution in [0, 0.1) is 11.3 Å². The van der Waals surface area contributed by atoms with E-state index in [4.69, 9.17) is 15.0 Å². The van der Waals surface area contributed by atoms with Crippen LogP contribution >= 0.6 is 11.3 Å². The molecule has 0 spiro atoms. The van der Waals surface area contributed by atoms with Gasteiger partial charge >= 0.3 is 0 Å². The van der Waals surface area contributed by atoms with Crippen molar-refractivity contribution in [3.05, 3.63) is 151 Å². The van der Waals surface area contributed by atoms with Crippen molar-refractivity contribution in [1.29, 1.82) is 5.26 Å². The predicted molar refractivity (Wildman–Crippen MR) is 185 cm³/mol. The molecule has 0 aliphatic heterocycles. The Hall–Kier alpha value is -5.96. The van der Waals surface area contributed by atoms with Gasteiger partial charge in [-0.15, -0.1) is 11.3 Å². The van der Waals surface area contributed by atoms with Gasteiger partial charge in [-0.3, -0.25) is 0 Å². The first-order chi connectivity index (χ1) is 22.2. The molecule has 0 saturated carbocycles. The minimum Gasteiger partial charge on any atom is -0.208 e. The van der Waals surface area contributed by atoms with E-state index in [1.54, 1.807) is 11.3 Å². The Balaban J connectivity index is 1.37. The van der Waals surface area contributed by atoms with Gasteiger partial charge in [0.1, 0.15) is 0 Å². The second-order valence-electron chi connectivity index (χ2n) is 10.8. The van der Waals surface area contributed by atoms with Crippen LogP contribution in [0.4, 0.5) is 0 Å². The van der Waals surface area contributed by atoms with Crippen LogP contribution in [-0.2, 0) is 0 Å².